The van der Waals surface area contributed by atoms with Crippen molar-refractivity contribution in [3.05, 3.63) is 28.8 Å². The Morgan fingerprint density at radius 2 is 1.75 bits per heavy atom. The van der Waals surface area contributed by atoms with Crippen molar-refractivity contribution in [2.75, 3.05) is 6.61 Å². The van der Waals surface area contributed by atoms with Gasteiger partial charge in [-0.15, -0.1) is 0 Å². The van der Waals surface area contributed by atoms with Gasteiger partial charge in [0.05, 0.1) is 6.61 Å². The lowest BCUT2D eigenvalue weighted by molar-refractivity contribution is 0.292. The van der Waals surface area contributed by atoms with Crippen LogP contribution >= 0.6 is 0 Å². The highest BCUT2D eigenvalue weighted by atomic mass is 16.5. The molecule has 0 amide bonds. The monoisotopic (exact) mass is 221 g/mol. The molecule has 0 aliphatic rings. The van der Waals surface area contributed by atoms with Crippen molar-refractivity contribution < 1.29 is 4.74 Å². The molecule has 0 radical (unpaired) electrons. The molecule has 1 aromatic carbocycles. The van der Waals surface area contributed by atoms with Gasteiger partial charge in [-0.05, 0) is 44.7 Å². The minimum atomic E-state index is 0.256. The predicted octanol–water partition coefficient (Wildman–Crippen LogP) is 3.12. The summed E-state index contributed by atoms with van der Waals surface area (Å²) in [6, 6.07) is 4.57. The number of hydrogen-bond acceptors (Lipinski definition) is 2. The minimum absolute atomic E-state index is 0.256. The van der Waals surface area contributed by atoms with Crippen LogP contribution in [0.25, 0.3) is 0 Å². The molecule has 2 N–H and O–H groups in total. The lowest BCUT2D eigenvalue weighted by Gasteiger charge is -2.14. The Morgan fingerprint density at radius 1 is 1.19 bits per heavy atom. The van der Waals surface area contributed by atoms with E-state index in [0.29, 0.717) is 6.61 Å². The summed E-state index contributed by atoms with van der Waals surface area (Å²) in [4.78, 5) is 0. The maximum atomic E-state index is 5.86. The highest BCUT2D eigenvalue weighted by Gasteiger charge is 2.06. The normalized spacial score (nSPS) is 12.6. The van der Waals surface area contributed by atoms with Gasteiger partial charge in [0, 0.05) is 6.04 Å². The van der Waals surface area contributed by atoms with Crippen LogP contribution in [-0.4, -0.2) is 12.6 Å². The fraction of sp³-hybridized carbons (Fsp3) is 0.571. The molecule has 1 unspecified atom stereocenters. The van der Waals surface area contributed by atoms with E-state index in [9.17, 15) is 0 Å². The summed E-state index contributed by atoms with van der Waals surface area (Å²) < 4.78 is 5.82. The van der Waals surface area contributed by atoms with Gasteiger partial charge in [-0.2, -0.15) is 0 Å². The van der Waals surface area contributed by atoms with E-state index in [4.69, 9.17) is 10.5 Å². The van der Waals surface area contributed by atoms with Crippen molar-refractivity contribution in [3.8, 4) is 5.75 Å². The Labute approximate surface area is 98.8 Å². The van der Waals surface area contributed by atoms with E-state index in [0.717, 1.165) is 18.6 Å². The van der Waals surface area contributed by atoms with Crippen LogP contribution in [0, 0.1) is 20.8 Å². The van der Waals surface area contributed by atoms with Crippen LogP contribution in [0.15, 0.2) is 12.1 Å². The average Bonchev–Trinajstić information content (AvgIpc) is 2.21. The summed E-state index contributed by atoms with van der Waals surface area (Å²) in [5.74, 6) is 1.02. The van der Waals surface area contributed by atoms with E-state index in [-0.39, 0.29) is 6.04 Å². The third-order valence-corrected chi connectivity index (χ3v) is 2.86. The molecule has 2 nitrogen and oxygen atoms in total. The highest BCUT2D eigenvalue weighted by Crippen LogP contribution is 2.24. The van der Waals surface area contributed by atoms with Crippen LogP contribution in [0.5, 0.6) is 5.75 Å². The third-order valence-electron chi connectivity index (χ3n) is 2.86. The Morgan fingerprint density at radius 3 is 2.25 bits per heavy atom. The van der Waals surface area contributed by atoms with Crippen molar-refractivity contribution in [3.63, 3.8) is 0 Å². The van der Waals surface area contributed by atoms with Crippen LogP contribution < -0.4 is 10.5 Å². The quantitative estimate of drug-likeness (QED) is 0.829. The summed E-state index contributed by atoms with van der Waals surface area (Å²) in [5.41, 5.74) is 9.56. The minimum Gasteiger partial charge on any atom is -0.493 e. The van der Waals surface area contributed by atoms with E-state index in [1.807, 2.05) is 0 Å². The topological polar surface area (TPSA) is 35.2 Å². The van der Waals surface area contributed by atoms with Crippen LogP contribution in [0.1, 0.15) is 36.5 Å². The first-order valence-electron chi connectivity index (χ1n) is 6.00. The second kappa shape index (κ2) is 5.90. The molecule has 0 bridgehead atoms. The van der Waals surface area contributed by atoms with Crippen molar-refractivity contribution in [1.82, 2.24) is 0 Å². The van der Waals surface area contributed by atoms with Gasteiger partial charge in [-0.25, -0.2) is 0 Å². The van der Waals surface area contributed by atoms with E-state index in [1.54, 1.807) is 0 Å². The molecule has 0 aromatic heterocycles. The van der Waals surface area contributed by atoms with E-state index >= 15 is 0 Å². The molecular formula is C14H23NO. The van der Waals surface area contributed by atoms with Crippen molar-refractivity contribution >= 4 is 0 Å². The maximum absolute atomic E-state index is 5.86. The molecule has 0 saturated carbocycles. The van der Waals surface area contributed by atoms with Gasteiger partial charge in [0.1, 0.15) is 5.75 Å². The smallest absolute Gasteiger partial charge is 0.125 e. The standard InChI is InChI=1S/C14H23NO/c1-5-13(15)6-7-16-14-11(3)8-10(2)9-12(14)4/h8-9,13H,5-7,15H2,1-4H3. The zero-order valence-corrected chi connectivity index (χ0v) is 10.8. The molecule has 0 heterocycles. The van der Waals surface area contributed by atoms with Gasteiger partial charge < -0.3 is 10.5 Å². The van der Waals surface area contributed by atoms with Gasteiger partial charge >= 0.3 is 0 Å². The summed E-state index contributed by atoms with van der Waals surface area (Å²) in [5, 5.41) is 0. The summed E-state index contributed by atoms with van der Waals surface area (Å²) in [7, 11) is 0. The second-order valence-corrected chi connectivity index (χ2v) is 4.53. The third kappa shape index (κ3) is 3.53. The lowest BCUT2D eigenvalue weighted by atomic mass is 10.1. The van der Waals surface area contributed by atoms with E-state index < -0.39 is 0 Å². The maximum Gasteiger partial charge on any atom is 0.125 e. The molecule has 1 atom stereocenters. The van der Waals surface area contributed by atoms with E-state index in [2.05, 4.69) is 39.8 Å². The molecular weight excluding hydrogens is 198 g/mol. The Kier molecular flexibility index (Phi) is 4.81. The Bertz CT molecular complexity index is 324. The van der Waals surface area contributed by atoms with Crippen molar-refractivity contribution in [1.29, 1.82) is 0 Å². The van der Waals surface area contributed by atoms with Gasteiger partial charge in [0.25, 0.3) is 0 Å². The molecule has 90 valence electrons. The fourth-order valence-corrected chi connectivity index (χ4v) is 1.91. The molecule has 1 rings (SSSR count). The zero-order valence-electron chi connectivity index (χ0n) is 10.8. The van der Waals surface area contributed by atoms with Gasteiger partial charge in [-0.3, -0.25) is 0 Å². The molecule has 16 heavy (non-hydrogen) atoms. The molecule has 1 aromatic rings. The van der Waals surface area contributed by atoms with Crippen LogP contribution in [0.3, 0.4) is 0 Å². The highest BCUT2D eigenvalue weighted by molar-refractivity contribution is 5.42. The fourth-order valence-electron chi connectivity index (χ4n) is 1.91. The van der Waals surface area contributed by atoms with Crippen LogP contribution in [-0.2, 0) is 0 Å². The Balaban J connectivity index is 2.60. The van der Waals surface area contributed by atoms with Gasteiger partial charge in [0.2, 0.25) is 0 Å². The second-order valence-electron chi connectivity index (χ2n) is 4.53. The predicted molar refractivity (Wildman–Crippen MR) is 69.0 cm³/mol. The zero-order chi connectivity index (χ0) is 12.1. The number of aryl methyl sites for hydroxylation is 3. The largest absolute Gasteiger partial charge is 0.493 e. The lowest BCUT2D eigenvalue weighted by Crippen LogP contribution is -2.21. The number of rotatable bonds is 5. The molecule has 0 aliphatic carbocycles. The number of hydrogen-bond donors (Lipinski definition) is 1. The van der Waals surface area contributed by atoms with Gasteiger partial charge in [0.15, 0.2) is 0 Å². The SMILES string of the molecule is CCC(N)CCOc1c(C)cc(C)cc1C. The van der Waals surface area contributed by atoms with Crippen molar-refractivity contribution in [2.45, 2.75) is 46.6 Å². The molecule has 2 heteroatoms. The molecule has 0 aliphatic heterocycles. The summed E-state index contributed by atoms with van der Waals surface area (Å²) >= 11 is 0. The molecule has 0 spiro atoms. The van der Waals surface area contributed by atoms with E-state index in [1.165, 1.54) is 16.7 Å². The van der Waals surface area contributed by atoms with Crippen molar-refractivity contribution in [2.24, 2.45) is 5.73 Å². The first-order valence-corrected chi connectivity index (χ1v) is 6.00. The number of benzene rings is 1. The Hall–Kier alpha value is -1.02. The van der Waals surface area contributed by atoms with Crippen LogP contribution in [0.2, 0.25) is 0 Å². The summed E-state index contributed by atoms with van der Waals surface area (Å²) in [6.45, 7) is 9.10. The molecule has 0 fully saturated rings. The number of ether oxygens (including phenoxy) is 1. The van der Waals surface area contributed by atoms with Gasteiger partial charge in [-0.1, -0.05) is 24.6 Å². The average molecular weight is 221 g/mol. The summed E-state index contributed by atoms with van der Waals surface area (Å²) in [6.07, 6.45) is 1.93. The first kappa shape index (κ1) is 13.0. The number of nitrogens with two attached hydrogens (primary N) is 1. The molecule has 0 saturated heterocycles. The first-order chi connectivity index (χ1) is 7.54. The van der Waals surface area contributed by atoms with Crippen LogP contribution in [0.4, 0.5) is 0 Å².